The molecular weight excluding hydrogens is 653 g/mol. The molecule has 4 aromatic rings. The van der Waals surface area contributed by atoms with E-state index in [-0.39, 0.29) is 27.2 Å². The van der Waals surface area contributed by atoms with Gasteiger partial charge in [0.1, 0.15) is 0 Å². The fourth-order valence-electron chi connectivity index (χ4n) is 4.37. The van der Waals surface area contributed by atoms with Crippen LogP contribution in [0.1, 0.15) is 139 Å². The number of anilines is 2. The number of nitrogens with one attached hydrogen (secondary N) is 3. The van der Waals surface area contributed by atoms with Crippen molar-refractivity contribution in [3.8, 4) is 6.07 Å². The molecule has 4 rings (SSSR count). The number of hydrogen-bond acceptors (Lipinski definition) is 9. The van der Waals surface area contributed by atoms with Crippen LogP contribution in [0.25, 0.3) is 0 Å². The van der Waals surface area contributed by atoms with Gasteiger partial charge in [0.2, 0.25) is 11.8 Å². The van der Waals surface area contributed by atoms with Crippen LogP contribution in [0.3, 0.4) is 0 Å². The van der Waals surface area contributed by atoms with Crippen LogP contribution in [0.4, 0.5) is 11.8 Å². The Morgan fingerprint density at radius 2 is 1.29 bits per heavy atom. The summed E-state index contributed by atoms with van der Waals surface area (Å²) in [6.45, 7) is 34.3. The summed E-state index contributed by atoms with van der Waals surface area (Å²) >= 11 is 0. The van der Waals surface area contributed by atoms with Crippen molar-refractivity contribution >= 4 is 11.8 Å². The predicted molar refractivity (Wildman–Crippen MR) is 214 cm³/mol. The molecule has 0 fully saturated rings. The van der Waals surface area contributed by atoms with Crippen LogP contribution in [0.5, 0.6) is 0 Å². The molecule has 0 unspecified atom stereocenters. The van der Waals surface area contributed by atoms with Gasteiger partial charge in [-0.25, -0.2) is 9.97 Å². The Hall–Kier alpha value is -4.40. The van der Waals surface area contributed by atoms with Gasteiger partial charge in [0.15, 0.2) is 0 Å². The summed E-state index contributed by atoms with van der Waals surface area (Å²) in [7, 11) is 0. The van der Waals surface area contributed by atoms with Gasteiger partial charge >= 0.3 is 0 Å². The van der Waals surface area contributed by atoms with E-state index in [9.17, 15) is 4.79 Å². The fourth-order valence-corrected chi connectivity index (χ4v) is 4.37. The number of H-pyrrole nitrogens is 3. The molecule has 4 heterocycles. The summed E-state index contributed by atoms with van der Waals surface area (Å²) in [5.74, 6) is 0.751. The molecule has 0 amide bonds. The second kappa shape index (κ2) is 20.6. The molecule has 0 aliphatic rings. The first kappa shape index (κ1) is 47.6. The molecule has 0 radical (unpaired) electrons. The quantitative estimate of drug-likeness (QED) is 0.136. The SMILES string of the molecule is CC(C)(C)CC#N.CC(C)(C)Cc1cc(=O)[nH][nH]1.CC(C)(C)Cc1cc(N)on1.CC(C)(C)Cc1ccnc(N)n1.Cc1cn[nH]c1CC(C)(C)C. The molecule has 0 saturated carbocycles. The molecule has 292 valence electrons. The lowest BCUT2D eigenvalue weighted by atomic mass is 9.90. The average molecular weight is 723 g/mol. The molecule has 7 N–H and O–H groups in total. The van der Waals surface area contributed by atoms with E-state index in [2.05, 4.69) is 152 Å². The maximum atomic E-state index is 10.7. The second-order valence-electron chi connectivity index (χ2n) is 19.3. The lowest BCUT2D eigenvalue weighted by Crippen LogP contribution is -2.11. The Kier molecular flexibility index (Phi) is 18.8. The zero-order valence-corrected chi connectivity index (χ0v) is 35.1. The second-order valence-corrected chi connectivity index (χ2v) is 19.3. The molecule has 12 nitrogen and oxygen atoms in total. The largest absolute Gasteiger partial charge is 0.368 e. The first-order chi connectivity index (χ1) is 23.5. The lowest BCUT2D eigenvalue weighted by molar-refractivity contribution is 0.376. The number of aromatic amines is 3. The van der Waals surface area contributed by atoms with E-state index in [1.54, 1.807) is 18.3 Å². The topological polar surface area (TPSA) is 205 Å². The van der Waals surface area contributed by atoms with Crippen molar-refractivity contribution < 1.29 is 4.52 Å². The highest BCUT2D eigenvalue weighted by Gasteiger charge is 2.15. The Morgan fingerprint density at radius 1 is 0.750 bits per heavy atom. The van der Waals surface area contributed by atoms with Gasteiger partial charge in [-0.2, -0.15) is 10.4 Å². The van der Waals surface area contributed by atoms with Gasteiger partial charge in [-0.05, 0) is 71.3 Å². The smallest absolute Gasteiger partial charge is 0.264 e. The zero-order chi connectivity index (χ0) is 40.6. The predicted octanol–water partition coefficient (Wildman–Crippen LogP) is 9.04. The molecule has 0 aliphatic carbocycles. The van der Waals surface area contributed by atoms with E-state index < -0.39 is 0 Å². The number of nitrogens with zero attached hydrogens (tertiary/aromatic N) is 5. The summed E-state index contributed by atoms with van der Waals surface area (Å²) in [5.41, 5.74) is 17.5. The minimum absolute atomic E-state index is 0.0516. The molecule has 0 atom stereocenters. The molecule has 52 heavy (non-hydrogen) atoms. The third-order valence-corrected chi connectivity index (χ3v) is 6.35. The third-order valence-electron chi connectivity index (χ3n) is 6.35. The average Bonchev–Trinajstić information content (AvgIpc) is 3.62. The van der Waals surface area contributed by atoms with Gasteiger partial charge in [0.05, 0.1) is 18.0 Å². The Labute approximate surface area is 313 Å². The minimum Gasteiger partial charge on any atom is -0.368 e. The Morgan fingerprint density at radius 3 is 1.63 bits per heavy atom. The van der Waals surface area contributed by atoms with Gasteiger partial charge < -0.3 is 21.1 Å². The zero-order valence-electron chi connectivity index (χ0n) is 35.1. The highest BCUT2D eigenvalue weighted by Crippen LogP contribution is 2.22. The number of hydrogen-bond donors (Lipinski definition) is 5. The van der Waals surface area contributed by atoms with Crippen molar-refractivity contribution in [2.45, 2.75) is 143 Å². The molecule has 0 spiro atoms. The summed E-state index contributed by atoms with van der Waals surface area (Å²) in [5, 5.41) is 24.3. The minimum atomic E-state index is -0.0516. The van der Waals surface area contributed by atoms with Gasteiger partial charge in [-0.15, -0.1) is 0 Å². The summed E-state index contributed by atoms with van der Waals surface area (Å²) in [6.07, 6.45) is 8.01. The van der Waals surface area contributed by atoms with E-state index in [0.29, 0.717) is 23.7 Å². The number of aromatic nitrogens is 7. The monoisotopic (exact) mass is 723 g/mol. The van der Waals surface area contributed by atoms with E-state index in [1.807, 2.05) is 12.3 Å². The van der Waals surface area contributed by atoms with Crippen LogP contribution in [0.2, 0.25) is 0 Å². The van der Waals surface area contributed by atoms with Crippen LogP contribution < -0.4 is 17.0 Å². The maximum Gasteiger partial charge on any atom is 0.264 e. The van der Waals surface area contributed by atoms with Gasteiger partial charge in [0, 0.05) is 41.8 Å². The molecule has 0 bridgehead atoms. The lowest BCUT2D eigenvalue weighted by Gasteiger charge is -2.16. The van der Waals surface area contributed by atoms with Crippen molar-refractivity contribution in [3.63, 3.8) is 0 Å². The third kappa shape index (κ3) is 27.3. The van der Waals surface area contributed by atoms with Gasteiger partial charge in [0.25, 0.3) is 5.56 Å². The standard InChI is InChI=1S/C9H15N3.C9H16N2.2C8H14N2O.C6H11N/c1-9(2,3)6-7-4-5-11-8(10)12-7;1-7-6-10-11-8(7)5-9(2,3)4;1-8(2,3)5-6-4-7(9)11-10-6;1-8(2,3)5-6-4-7(11)10-9-6;1-6(2,3)4-5-7/h4-5H,6H2,1-3H3,(H2,10,11,12);6H,5H2,1-4H3,(H,10,11);4H,5,9H2,1-3H3;4H,5H2,1-3H3,(H2,9,10,11);4H2,1-3H3. The van der Waals surface area contributed by atoms with E-state index in [1.165, 1.54) is 11.3 Å². The first-order valence-electron chi connectivity index (χ1n) is 17.9. The van der Waals surface area contributed by atoms with Crippen molar-refractivity contribution in [1.82, 2.24) is 35.5 Å². The molecule has 0 aliphatic heterocycles. The van der Waals surface area contributed by atoms with Crippen molar-refractivity contribution in [2.24, 2.45) is 27.1 Å². The van der Waals surface area contributed by atoms with Gasteiger partial charge in [-0.3, -0.25) is 15.0 Å². The van der Waals surface area contributed by atoms with Crippen LogP contribution in [0.15, 0.2) is 39.9 Å². The fraction of sp³-hybridized carbons (Fsp3) is 0.650. The molecule has 12 heteroatoms. The first-order valence-corrected chi connectivity index (χ1v) is 17.9. The number of nitrogen functional groups attached to an aromatic ring is 2. The van der Waals surface area contributed by atoms with E-state index >= 15 is 0 Å². The Balaban J connectivity index is 0.000000631. The summed E-state index contributed by atoms with van der Waals surface area (Å²) in [6, 6.07) is 7.38. The highest BCUT2D eigenvalue weighted by atomic mass is 16.5. The summed E-state index contributed by atoms with van der Waals surface area (Å²) < 4.78 is 4.74. The van der Waals surface area contributed by atoms with Crippen LogP contribution in [0, 0.1) is 45.3 Å². The van der Waals surface area contributed by atoms with Crippen LogP contribution >= 0.6 is 0 Å². The molecule has 0 saturated heterocycles. The number of nitriles is 1. The molecular formula is C40H70N10O2. The van der Waals surface area contributed by atoms with Crippen LogP contribution in [-0.4, -0.2) is 35.5 Å². The van der Waals surface area contributed by atoms with Crippen molar-refractivity contribution in [2.75, 3.05) is 11.5 Å². The normalized spacial score (nSPS) is 11.7. The number of aryl methyl sites for hydroxylation is 1. The van der Waals surface area contributed by atoms with E-state index in [4.69, 9.17) is 21.3 Å². The number of rotatable bonds is 4. The Bertz CT molecular complexity index is 1650. The number of nitrogens with two attached hydrogens (primary N) is 2. The van der Waals surface area contributed by atoms with E-state index in [0.717, 1.165) is 42.8 Å². The van der Waals surface area contributed by atoms with Crippen molar-refractivity contribution in [1.29, 1.82) is 5.26 Å². The maximum absolute atomic E-state index is 10.7. The summed E-state index contributed by atoms with van der Waals surface area (Å²) in [4.78, 5) is 18.7. The molecule has 4 aromatic heterocycles. The highest BCUT2D eigenvalue weighted by molar-refractivity contribution is 5.24. The molecule has 0 aromatic carbocycles. The van der Waals surface area contributed by atoms with Crippen LogP contribution in [-0.2, 0) is 25.7 Å². The van der Waals surface area contributed by atoms with Gasteiger partial charge in [-0.1, -0.05) is 109 Å². The van der Waals surface area contributed by atoms with Crippen molar-refractivity contribution in [3.05, 3.63) is 69.3 Å².